The zero-order valence-corrected chi connectivity index (χ0v) is 23.7. The number of carboxylic acids is 3. The first-order chi connectivity index (χ1) is 20.7. The molecule has 0 saturated carbocycles. The molecule has 14 N–H and O–H groups in total. The summed E-state index contributed by atoms with van der Waals surface area (Å²) in [5.41, 5.74) is 16.8. The summed E-state index contributed by atoms with van der Waals surface area (Å²) in [4.78, 5) is 94.8. The van der Waals surface area contributed by atoms with Crippen LogP contribution in [0.2, 0.25) is 0 Å². The van der Waals surface area contributed by atoms with Gasteiger partial charge in [-0.1, -0.05) is 0 Å². The highest BCUT2D eigenvalue weighted by molar-refractivity contribution is 5.94. The molecule has 4 amide bonds. The number of guanidine groups is 1. The van der Waals surface area contributed by atoms with E-state index >= 15 is 0 Å². The number of hydrogen-bond donors (Lipinski definition) is 11. The van der Waals surface area contributed by atoms with Gasteiger partial charge in [0, 0.05) is 37.7 Å². The molecule has 1 aromatic heterocycles. The average Bonchev–Trinajstić information content (AvgIpc) is 3.45. The number of carbonyl (C=O) groups excluding carboxylic acids is 4. The van der Waals surface area contributed by atoms with Crippen LogP contribution in [0.15, 0.2) is 17.5 Å². The van der Waals surface area contributed by atoms with E-state index in [1.807, 2.05) is 0 Å². The molecule has 4 atom stereocenters. The van der Waals surface area contributed by atoms with Crippen molar-refractivity contribution in [1.29, 1.82) is 0 Å². The van der Waals surface area contributed by atoms with E-state index in [0.717, 1.165) is 0 Å². The minimum atomic E-state index is -1.52. The number of aromatic nitrogens is 2. The zero-order valence-electron chi connectivity index (χ0n) is 23.7. The minimum absolute atomic E-state index is 0.0177. The summed E-state index contributed by atoms with van der Waals surface area (Å²) in [5, 5.41) is 36.5. The Morgan fingerprint density at radius 1 is 0.841 bits per heavy atom. The summed E-state index contributed by atoms with van der Waals surface area (Å²) < 4.78 is 0. The molecule has 1 aromatic rings. The molecule has 0 aliphatic carbocycles. The van der Waals surface area contributed by atoms with E-state index in [1.54, 1.807) is 0 Å². The molecular formula is C24H38N10O10. The summed E-state index contributed by atoms with van der Waals surface area (Å²) in [6.07, 6.45) is 1.07. The standard InChI is InChI=1S/C24H38N10O10/c25-13(8-12-9-28-11-31-12)20(40)33-15(4-6-19(38)39)22(42)34-14(3-5-18(36)37)21(41)30-10-17(35)32-16(23(43)44)2-1-7-29-24(26)27/h9,11,13-16H,1-8,10,25H2,(H,28,31)(H,30,41)(H,32,35)(H,33,40)(H,34,42)(H,36,37)(H,38,39)(H,43,44)(H4,26,27,29)/t13-,14-,15-,16-/m0/s1. The van der Waals surface area contributed by atoms with Crippen molar-refractivity contribution in [3.05, 3.63) is 18.2 Å². The maximum absolute atomic E-state index is 13.0. The topological polar surface area (TPSA) is 347 Å². The number of nitrogens with one attached hydrogen (secondary N) is 5. The van der Waals surface area contributed by atoms with Gasteiger partial charge in [-0.2, -0.15) is 0 Å². The number of carboxylic acid groups (broad SMARTS) is 3. The predicted octanol–water partition coefficient (Wildman–Crippen LogP) is -4.28. The summed E-state index contributed by atoms with van der Waals surface area (Å²) in [6.45, 7) is -0.606. The van der Waals surface area contributed by atoms with Gasteiger partial charge in [-0.3, -0.25) is 33.8 Å². The number of imidazole rings is 1. The van der Waals surface area contributed by atoms with Gasteiger partial charge in [0.05, 0.1) is 18.9 Å². The maximum Gasteiger partial charge on any atom is 0.326 e. The Balaban J connectivity index is 2.88. The fourth-order valence-corrected chi connectivity index (χ4v) is 3.65. The quantitative estimate of drug-likeness (QED) is 0.0349. The lowest BCUT2D eigenvalue weighted by molar-refractivity contribution is -0.142. The van der Waals surface area contributed by atoms with Crippen molar-refractivity contribution < 1.29 is 48.9 Å². The third-order valence-electron chi connectivity index (χ3n) is 5.89. The van der Waals surface area contributed by atoms with Gasteiger partial charge in [0.2, 0.25) is 23.6 Å². The van der Waals surface area contributed by atoms with Gasteiger partial charge in [0.15, 0.2) is 5.96 Å². The Morgan fingerprint density at radius 2 is 1.43 bits per heavy atom. The molecule has 1 heterocycles. The zero-order chi connectivity index (χ0) is 33.2. The third kappa shape index (κ3) is 15.1. The second kappa shape index (κ2) is 19.0. The van der Waals surface area contributed by atoms with Crippen molar-refractivity contribution in [3.8, 4) is 0 Å². The summed E-state index contributed by atoms with van der Waals surface area (Å²) in [5.74, 6) is -7.81. The van der Waals surface area contributed by atoms with E-state index in [2.05, 4.69) is 36.2 Å². The van der Waals surface area contributed by atoms with Gasteiger partial charge < -0.3 is 58.8 Å². The molecule has 20 heteroatoms. The van der Waals surface area contributed by atoms with Crippen molar-refractivity contribution in [1.82, 2.24) is 31.2 Å². The van der Waals surface area contributed by atoms with Crippen LogP contribution in [-0.4, -0.2) is 110 Å². The van der Waals surface area contributed by atoms with Crippen LogP contribution in [0.3, 0.4) is 0 Å². The Labute approximate surface area is 250 Å². The normalized spacial score (nSPS) is 13.3. The molecule has 0 aromatic carbocycles. The SMILES string of the molecule is NC(N)=NCCC[C@H](NC(=O)CNC(=O)[C@H](CCC(=O)O)NC(=O)[C@H](CCC(=O)O)NC(=O)[C@@H](N)Cc1cnc[nH]1)C(=O)O. The number of carbonyl (C=O) groups is 7. The highest BCUT2D eigenvalue weighted by Crippen LogP contribution is 2.05. The van der Waals surface area contributed by atoms with Crippen LogP contribution in [0.1, 0.15) is 44.2 Å². The first-order valence-corrected chi connectivity index (χ1v) is 13.3. The van der Waals surface area contributed by atoms with Crippen LogP contribution in [0.25, 0.3) is 0 Å². The Bertz CT molecular complexity index is 1190. The van der Waals surface area contributed by atoms with Crippen LogP contribution < -0.4 is 38.5 Å². The summed E-state index contributed by atoms with van der Waals surface area (Å²) in [6, 6.07) is -5.47. The second-order valence-electron chi connectivity index (χ2n) is 9.50. The van der Waals surface area contributed by atoms with Gasteiger partial charge in [-0.25, -0.2) is 9.78 Å². The number of hydrogen-bond acceptors (Lipinski definition) is 10. The number of aromatic amines is 1. The van der Waals surface area contributed by atoms with E-state index in [4.69, 9.17) is 27.4 Å². The Hall–Kier alpha value is -5.27. The number of H-pyrrole nitrogens is 1. The Kier molecular flexibility index (Phi) is 15.9. The van der Waals surface area contributed by atoms with E-state index < -0.39 is 91.5 Å². The minimum Gasteiger partial charge on any atom is -0.481 e. The first kappa shape index (κ1) is 36.8. The van der Waals surface area contributed by atoms with Gasteiger partial charge in [0.1, 0.15) is 18.1 Å². The smallest absolute Gasteiger partial charge is 0.326 e. The monoisotopic (exact) mass is 626 g/mol. The highest BCUT2D eigenvalue weighted by Gasteiger charge is 2.29. The average molecular weight is 627 g/mol. The maximum atomic E-state index is 13.0. The molecule has 0 unspecified atom stereocenters. The third-order valence-corrected chi connectivity index (χ3v) is 5.89. The molecule has 0 radical (unpaired) electrons. The lowest BCUT2D eigenvalue weighted by Gasteiger charge is -2.24. The molecular weight excluding hydrogens is 588 g/mol. The van der Waals surface area contributed by atoms with Crippen LogP contribution >= 0.6 is 0 Å². The van der Waals surface area contributed by atoms with E-state index in [1.165, 1.54) is 12.5 Å². The van der Waals surface area contributed by atoms with E-state index in [0.29, 0.717) is 5.69 Å². The van der Waals surface area contributed by atoms with Crippen molar-refractivity contribution >= 4 is 47.5 Å². The number of rotatable bonds is 21. The largest absolute Gasteiger partial charge is 0.481 e. The number of aliphatic imine (C=N–C) groups is 1. The number of aliphatic carboxylic acids is 3. The lowest BCUT2D eigenvalue weighted by Crippen LogP contribution is -2.56. The van der Waals surface area contributed by atoms with Crippen molar-refractivity contribution in [3.63, 3.8) is 0 Å². The fourth-order valence-electron chi connectivity index (χ4n) is 3.65. The van der Waals surface area contributed by atoms with Gasteiger partial charge in [-0.05, 0) is 25.7 Å². The summed E-state index contributed by atoms with van der Waals surface area (Å²) in [7, 11) is 0. The van der Waals surface area contributed by atoms with Crippen LogP contribution in [0, 0.1) is 0 Å². The second-order valence-corrected chi connectivity index (χ2v) is 9.50. The van der Waals surface area contributed by atoms with Gasteiger partial charge in [-0.15, -0.1) is 0 Å². The molecule has 20 nitrogen and oxygen atoms in total. The predicted molar refractivity (Wildman–Crippen MR) is 150 cm³/mol. The molecule has 1 rings (SSSR count). The van der Waals surface area contributed by atoms with Gasteiger partial charge in [0.25, 0.3) is 0 Å². The Morgan fingerprint density at radius 3 is 1.95 bits per heavy atom. The van der Waals surface area contributed by atoms with E-state index in [-0.39, 0.29) is 38.2 Å². The molecule has 0 spiro atoms. The summed E-state index contributed by atoms with van der Waals surface area (Å²) >= 11 is 0. The highest BCUT2D eigenvalue weighted by atomic mass is 16.4. The van der Waals surface area contributed by atoms with E-state index in [9.17, 15) is 38.7 Å². The molecule has 0 fully saturated rings. The van der Waals surface area contributed by atoms with Crippen molar-refractivity contribution in [2.45, 2.75) is 69.1 Å². The van der Waals surface area contributed by atoms with Crippen LogP contribution in [0.5, 0.6) is 0 Å². The van der Waals surface area contributed by atoms with Crippen molar-refractivity contribution in [2.75, 3.05) is 13.1 Å². The number of nitrogens with zero attached hydrogens (tertiary/aromatic N) is 2. The lowest BCUT2D eigenvalue weighted by atomic mass is 10.1. The number of amides is 4. The number of nitrogens with two attached hydrogens (primary N) is 3. The van der Waals surface area contributed by atoms with Crippen molar-refractivity contribution in [2.24, 2.45) is 22.2 Å². The van der Waals surface area contributed by atoms with Gasteiger partial charge >= 0.3 is 17.9 Å². The molecule has 0 bridgehead atoms. The fraction of sp³-hybridized carbons (Fsp3) is 0.542. The molecule has 0 aliphatic rings. The molecule has 244 valence electrons. The van der Waals surface area contributed by atoms with Crippen LogP contribution in [-0.2, 0) is 40.0 Å². The molecule has 0 saturated heterocycles. The molecule has 0 aliphatic heterocycles. The first-order valence-electron chi connectivity index (χ1n) is 13.3. The van der Waals surface area contributed by atoms with Crippen LogP contribution in [0.4, 0.5) is 0 Å². The molecule has 44 heavy (non-hydrogen) atoms.